The molecule has 0 saturated carbocycles. The zero-order valence-corrected chi connectivity index (χ0v) is 13.8. The summed E-state index contributed by atoms with van der Waals surface area (Å²) < 4.78 is 11.5. The van der Waals surface area contributed by atoms with Gasteiger partial charge in [-0.3, -0.25) is 0 Å². The molecule has 21 heavy (non-hydrogen) atoms. The van der Waals surface area contributed by atoms with Crippen molar-refractivity contribution in [3.8, 4) is 11.5 Å². The summed E-state index contributed by atoms with van der Waals surface area (Å²) >= 11 is 3.37. The summed E-state index contributed by atoms with van der Waals surface area (Å²) in [5.74, 6) is 2.43. The Labute approximate surface area is 133 Å². The lowest BCUT2D eigenvalue weighted by molar-refractivity contribution is 0.354. The highest BCUT2D eigenvalue weighted by atomic mass is 79.9. The molecule has 1 aromatic carbocycles. The van der Waals surface area contributed by atoms with Crippen LogP contribution >= 0.6 is 15.9 Å². The molecule has 0 saturated heterocycles. The topological polar surface area (TPSA) is 43.4 Å². The van der Waals surface area contributed by atoms with Gasteiger partial charge in [-0.05, 0) is 58.6 Å². The number of benzene rings is 1. The van der Waals surface area contributed by atoms with Gasteiger partial charge < -0.3 is 14.8 Å². The van der Waals surface area contributed by atoms with Crippen molar-refractivity contribution in [2.45, 2.75) is 12.8 Å². The van der Waals surface area contributed by atoms with Crippen LogP contribution in [0.4, 0.5) is 5.82 Å². The summed E-state index contributed by atoms with van der Waals surface area (Å²) in [5, 5.41) is 3.31. The summed E-state index contributed by atoms with van der Waals surface area (Å²) in [6.07, 6.45) is 3.79. The van der Waals surface area contributed by atoms with Crippen LogP contribution in [0, 0.1) is 0 Å². The maximum Gasteiger partial charge on any atom is 0.160 e. The third-order valence-electron chi connectivity index (χ3n) is 3.12. The van der Waals surface area contributed by atoms with Gasteiger partial charge in [-0.2, -0.15) is 0 Å². The minimum atomic E-state index is 0.762. The Morgan fingerprint density at radius 3 is 2.57 bits per heavy atom. The number of pyridine rings is 1. The molecule has 0 spiro atoms. The molecular formula is C16H19BrN2O2. The van der Waals surface area contributed by atoms with Gasteiger partial charge in [-0.1, -0.05) is 6.07 Å². The number of hydrogen-bond donors (Lipinski definition) is 1. The number of aryl methyl sites for hydroxylation is 1. The van der Waals surface area contributed by atoms with Gasteiger partial charge in [0.05, 0.1) is 14.2 Å². The number of methoxy groups -OCH3 is 2. The largest absolute Gasteiger partial charge is 0.493 e. The Hall–Kier alpha value is -1.75. The van der Waals surface area contributed by atoms with E-state index in [1.54, 1.807) is 20.4 Å². The standard InChI is InChI=1S/C16H19BrN2O2/c1-20-14-7-5-12(10-15(14)21-2)4-3-9-18-16-8-6-13(17)11-19-16/h5-8,10-11H,3-4,9H2,1-2H3,(H,18,19). The molecule has 0 bridgehead atoms. The molecule has 0 unspecified atom stereocenters. The molecule has 1 heterocycles. The molecule has 1 aromatic heterocycles. The van der Waals surface area contributed by atoms with Crippen LogP contribution in [-0.2, 0) is 6.42 Å². The van der Waals surface area contributed by atoms with Crippen LogP contribution in [-0.4, -0.2) is 25.7 Å². The van der Waals surface area contributed by atoms with Crippen LogP contribution in [0.25, 0.3) is 0 Å². The maximum absolute atomic E-state index is 5.31. The van der Waals surface area contributed by atoms with Crippen molar-refractivity contribution in [1.82, 2.24) is 4.98 Å². The average molecular weight is 351 g/mol. The molecule has 0 atom stereocenters. The molecule has 2 aromatic rings. The normalized spacial score (nSPS) is 10.2. The molecular weight excluding hydrogens is 332 g/mol. The van der Waals surface area contributed by atoms with Crippen molar-refractivity contribution in [2.75, 3.05) is 26.1 Å². The van der Waals surface area contributed by atoms with Crippen LogP contribution in [0.1, 0.15) is 12.0 Å². The van der Waals surface area contributed by atoms with Gasteiger partial charge in [0.1, 0.15) is 5.82 Å². The summed E-state index contributed by atoms with van der Waals surface area (Å²) in [4.78, 5) is 4.28. The van der Waals surface area contributed by atoms with Crippen molar-refractivity contribution in [1.29, 1.82) is 0 Å². The number of anilines is 1. The Bertz CT molecular complexity index is 573. The highest BCUT2D eigenvalue weighted by Crippen LogP contribution is 2.27. The van der Waals surface area contributed by atoms with Gasteiger partial charge in [-0.15, -0.1) is 0 Å². The predicted octanol–water partition coefficient (Wildman–Crippen LogP) is 3.91. The Morgan fingerprint density at radius 2 is 1.90 bits per heavy atom. The number of nitrogens with zero attached hydrogens (tertiary/aromatic N) is 1. The first kappa shape index (κ1) is 15.6. The maximum atomic E-state index is 5.31. The third-order valence-corrected chi connectivity index (χ3v) is 3.59. The van der Waals surface area contributed by atoms with Gasteiger partial charge in [-0.25, -0.2) is 4.98 Å². The molecule has 0 fully saturated rings. The second kappa shape index (κ2) is 7.88. The molecule has 1 N–H and O–H groups in total. The van der Waals surface area contributed by atoms with E-state index < -0.39 is 0 Å². The van der Waals surface area contributed by atoms with Gasteiger partial charge in [0, 0.05) is 17.2 Å². The van der Waals surface area contributed by atoms with Crippen molar-refractivity contribution in [3.05, 3.63) is 46.6 Å². The molecule has 4 nitrogen and oxygen atoms in total. The fourth-order valence-electron chi connectivity index (χ4n) is 2.03. The lowest BCUT2D eigenvalue weighted by atomic mass is 10.1. The second-order valence-electron chi connectivity index (χ2n) is 4.58. The van der Waals surface area contributed by atoms with Gasteiger partial charge >= 0.3 is 0 Å². The summed E-state index contributed by atoms with van der Waals surface area (Å²) in [7, 11) is 3.30. The first-order chi connectivity index (χ1) is 10.2. The van der Waals surface area contributed by atoms with E-state index in [4.69, 9.17) is 9.47 Å². The second-order valence-corrected chi connectivity index (χ2v) is 5.50. The average Bonchev–Trinajstić information content (AvgIpc) is 2.53. The molecule has 0 amide bonds. The predicted molar refractivity (Wildman–Crippen MR) is 88.3 cm³/mol. The Morgan fingerprint density at radius 1 is 1.10 bits per heavy atom. The summed E-state index contributed by atoms with van der Waals surface area (Å²) in [6.45, 7) is 0.878. The Kier molecular flexibility index (Phi) is 5.87. The minimum absolute atomic E-state index is 0.762. The fourth-order valence-corrected chi connectivity index (χ4v) is 2.26. The third kappa shape index (κ3) is 4.63. The monoisotopic (exact) mass is 350 g/mol. The van der Waals surface area contributed by atoms with E-state index in [0.29, 0.717) is 0 Å². The van der Waals surface area contributed by atoms with Gasteiger partial charge in [0.2, 0.25) is 0 Å². The Balaban J connectivity index is 1.82. The van der Waals surface area contributed by atoms with E-state index in [0.717, 1.165) is 41.2 Å². The molecule has 0 aliphatic carbocycles. The number of halogens is 1. The fraction of sp³-hybridized carbons (Fsp3) is 0.312. The number of aromatic nitrogens is 1. The van der Waals surface area contributed by atoms with Gasteiger partial charge in [0.15, 0.2) is 11.5 Å². The van der Waals surface area contributed by atoms with Crippen molar-refractivity contribution < 1.29 is 9.47 Å². The number of ether oxygens (including phenoxy) is 2. The number of nitrogens with one attached hydrogen (secondary N) is 1. The van der Waals surface area contributed by atoms with E-state index in [1.807, 2.05) is 24.3 Å². The molecule has 0 aliphatic heterocycles. The van der Waals surface area contributed by atoms with E-state index in [-0.39, 0.29) is 0 Å². The highest BCUT2D eigenvalue weighted by Gasteiger charge is 2.04. The van der Waals surface area contributed by atoms with Crippen LogP contribution in [0.5, 0.6) is 11.5 Å². The van der Waals surface area contributed by atoms with Crippen LogP contribution in [0.3, 0.4) is 0 Å². The molecule has 2 rings (SSSR count). The zero-order valence-electron chi connectivity index (χ0n) is 12.2. The number of rotatable bonds is 7. The smallest absolute Gasteiger partial charge is 0.160 e. The van der Waals surface area contributed by atoms with Crippen molar-refractivity contribution in [2.24, 2.45) is 0 Å². The van der Waals surface area contributed by atoms with E-state index in [1.165, 1.54) is 5.56 Å². The number of hydrogen-bond acceptors (Lipinski definition) is 4. The molecule has 0 aliphatic rings. The molecule has 112 valence electrons. The SMILES string of the molecule is COc1ccc(CCCNc2ccc(Br)cn2)cc1OC. The first-order valence-corrected chi connectivity index (χ1v) is 7.58. The lowest BCUT2D eigenvalue weighted by Gasteiger charge is -2.10. The first-order valence-electron chi connectivity index (χ1n) is 6.79. The summed E-state index contributed by atoms with van der Waals surface area (Å²) in [6, 6.07) is 9.97. The van der Waals surface area contributed by atoms with Crippen LogP contribution in [0.15, 0.2) is 41.0 Å². The van der Waals surface area contributed by atoms with Crippen LogP contribution < -0.4 is 14.8 Å². The minimum Gasteiger partial charge on any atom is -0.493 e. The lowest BCUT2D eigenvalue weighted by Crippen LogP contribution is -2.04. The molecule has 0 radical (unpaired) electrons. The summed E-state index contributed by atoms with van der Waals surface area (Å²) in [5.41, 5.74) is 1.23. The van der Waals surface area contributed by atoms with Crippen LogP contribution in [0.2, 0.25) is 0 Å². The molecule has 5 heteroatoms. The van der Waals surface area contributed by atoms with Gasteiger partial charge in [0.25, 0.3) is 0 Å². The van der Waals surface area contributed by atoms with Crippen molar-refractivity contribution >= 4 is 21.7 Å². The van der Waals surface area contributed by atoms with Crippen molar-refractivity contribution in [3.63, 3.8) is 0 Å². The highest BCUT2D eigenvalue weighted by molar-refractivity contribution is 9.10. The van der Waals surface area contributed by atoms with E-state index in [2.05, 4.69) is 32.3 Å². The zero-order chi connectivity index (χ0) is 15.1. The van der Waals surface area contributed by atoms with E-state index in [9.17, 15) is 0 Å². The quantitative estimate of drug-likeness (QED) is 0.769. The van der Waals surface area contributed by atoms with E-state index >= 15 is 0 Å².